The first kappa shape index (κ1) is 16.2. The van der Waals surface area contributed by atoms with E-state index in [0.29, 0.717) is 17.8 Å². The van der Waals surface area contributed by atoms with Gasteiger partial charge in [-0.15, -0.1) is 0 Å². The fraction of sp³-hybridized carbons (Fsp3) is 0.188. The second-order valence-electron chi connectivity index (χ2n) is 5.33. The van der Waals surface area contributed by atoms with E-state index in [1.807, 2.05) is 0 Å². The summed E-state index contributed by atoms with van der Waals surface area (Å²) in [5.41, 5.74) is 0.726. The third-order valence-corrected chi connectivity index (χ3v) is 4.43. The molecule has 120 valence electrons. The summed E-state index contributed by atoms with van der Waals surface area (Å²) in [4.78, 5) is 4.43. The molecule has 1 aliphatic heterocycles. The maximum Gasteiger partial charge on any atom is 0.135 e. The number of hydrogen-bond donors (Lipinski definition) is 1. The van der Waals surface area contributed by atoms with E-state index >= 15 is 0 Å². The van der Waals surface area contributed by atoms with Gasteiger partial charge in [-0.05, 0) is 31.2 Å². The monoisotopic (exact) mass is 355 g/mol. The topological polar surface area (TPSA) is 41.6 Å². The lowest BCUT2D eigenvalue weighted by molar-refractivity contribution is 0.578. The van der Waals surface area contributed by atoms with Crippen LogP contribution >= 0.6 is 23.2 Å². The number of nitrogens with zero attached hydrogens (tertiary/aromatic N) is 2. The van der Waals surface area contributed by atoms with Gasteiger partial charge in [-0.3, -0.25) is 4.99 Å². The Labute approximate surface area is 142 Å². The summed E-state index contributed by atoms with van der Waals surface area (Å²) in [6.45, 7) is 2.19. The van der Waals surface area contributed by atoms with E-state index in [1.165, 1.54) is 23.2 Å². The van der Waals surface area contributed by atoms with Crippen LogP contribution < -0.4 is 10.9 Å². The minimum atomic E-state index is -0.719. The van der Waals surface area contributed by atoms with E-state index in [0.717, 1.165) is 0 Å². The van der Waals surface area contributed by atoms with Crippen LogP contribution in [0.3, 0.4) is 0 Å². The van der Waals surface area contributed by atoms with E-state index in [4.69, 9.17) is 29.0 Å². The zero-order valence-corrected chi connectivity index (χ0v) is 13.7. The Balaban J connectivity index is 2.36. The van der Waals surface area contributed by atoms with Crippen molar-refractivity contribution in [3.63, 3.8) is 0 Å². The average molecular weight is 356 g/mol. The van der Waals surface area contributed by atoms with Gasteiger partial charge in [0.1, 0.15) is 11.6 Å². The van der Waals surface area contributed by atoms with Crippen molar-refractivity contribution in [1.82, 2.24) is 0 Å². The summed E-state index contributed by atoms with van der Waals surface area (Å²) in [6.07, 6.45) is 0. The van der Waals surface area contributed by atoms with Crippen molar-refractivity contribution in [3.8, 4) is 0 Å². The quantitative estimate of drug-likeness (QED) is 0.779. The molecule has 1 atom stereocenters. The molecule has 0 unspecified atom stereocenters. The van der Waals surface area contributed by atoms with Gasteiger partial charge in [-0.2, -0.15) is 0 Å². The van der Waals surface area contributed by atoms with Crippen LogP contribution in [0.4, 0.5) is 14.5 Å². The van der Waals surface area contributed by atoms with E-state index in [1.54, 1.807) is 19.1 Å². The van der Waals surface area contributed by atoms with Crippen LogP contribution in [-0.2, 0) is 0 Å². The lowest BCUT2D eigenvalue weighted by Crippen LogP contribution is -2.36. The van der Waals surface area contributed by atoms with Gasteiger partial charge in [0.15, 0.2) is 0 Å². The molecule has 0 aromatic heterocycles. The van der Waals surface area contributed by atoms with Crippen molar-refractivity contribution in [2.75, 3.05) is 11.6 Å². The Morgan fingerprint density at radius 1 is 1.13 bits per heavy atom. The fourth-order valence-electron chi connectivity index (χ4n) is 2.63. The molecule has 0 aliphatic carbocycles. The van der Waals surface area contributed by atoms with E-state index in [9.17, 15) is 8.78 Å². The maximum atomic E-state index is 14.3. The van der Waals surface area contributed by atoms with Gasteiger partial charge >= 0.3 is 0 Å². The van der Waals surface area contributed by atoms with Crippen molar-refractivity contribution in [2.24, 2.45) is 10.8 Å². The van der Waals surface area contributed by atoms with Crippen LogP contribution in [-0.4, -0.2) is 18.3 Å². The molecule has 0 radical (unpaired) electrons. The highest BCUT2D eigenvalue weighted by atomic mass is 35.5. The number of rotatable bonds is 1. The zero-order valence-electron chi connectivity index (χ0n) is 12.2. The van der Waals surface area contributed by atoms with Gasteiger partial charge in [0.2, 0.25) is 0 Å². The SMILES string of the molecule is C[C@H]1CN(N)c2ccc(Cl)c(Cl)c2C(c2c(F)cccc2F)=N1. The predicted octanol–water partition coefficient (Wildman–Crippen LogP) is 4.19. The van der Waals surface area contributed by atoms with Gasteiger partial charge in [-0.25, -0.2) is 14.6 Å². The minimum absolute atomic E-state index is 0.114. The Hall–Kier alpha value is -1.69. The highest BCUT2D eigenvalue weighted by Gasteiger charge is 2.28. The smallest absolute Gasteiger partial charge is 0.135 e. The largest absolute Gasteiger partial charge is 0.308 e. The molecule has 2 aromatic rings. The molecule has 7 heteroatoms. The minimum Gasteiger partial charge on any atom is -0.308 e. The molecule has 23 heavy (non-hydrogen) atoms. The van der Waals surface area contributed by atoms with Gasteiger partial charge < -0.3 is 5.01 Å². The molecule has 2 N–H and O–H groups in total. The third kappa shape index (κ3) is 2.80. The Morgan fingerprint density at radius 3 is 2.43 bits per heavy atom. The van der Waals surface area contributed by atoms with Crippen molar-refractivity contribution < 1.29 is 8.78 Å². The molecule has 0 spiro atoms. The van der Waals surface area contributed by atoms with Gasteiger partial charge in [0.25, 0.3) is 0 Å². The van der Waals surface area contributed by atoms with Gasteiger partial charge in [0.05, 0.1) is 39.6 Å². The predicted molar refractivity (Wildman–Crippen MR) is 89.5 cm³/mol. The van der Waals surface area contributed by atoms with Crippen LogP contribution in [0.25, 0.3) is 0 Å². The first-order valence-electron chi connectivity index (χ1n) is 6.93. The number of aliphatic imine (C=N–C) groups is 1. The first-order chi connectivity index (χ1) is 10.9. The zero-order chi connectivity index (χ0) is 16.7. The first-order valence-corrected chi connectivity index (χ1v) is 7.68. The number of benzodiazepines with no additional fused rings is 1. The summed E-state index contributed by atoms with van der Waals surface area (Å²) >= 11 is 12.4. The van der Waals surface area contributed by atoms with Crippen LogP contribution in [0.5, 0.6) is 0 Å². The molecule has 0 saturated carbocycles. The van der Waals surface area contributed by atoms with Gasteiger partial charge in [0, 0.05) is 5.56 Å². The molecule has 0 saturated heterocycles. The van der Waals surface area contributed by atoms with Crippen molar-refractivity contribution >= 4 is 34.6 Å². The highest BCUT2D eigenvalue weighted by Crippen LogP contribution is 2.37. The lowest BCUT2D eigenvalue weighted by atomic mass is 9.99. The third-order valence-electron chi connectivity index (χ3n) is 3.63. The number of hydrazine groups is 1. The molecule has 1 heterocycles. The molecule has 3 rings (SSSR count). The molecule has 0 bridgehead atoms. The number of nitrogens with two attached hydrogens (primary N) is 1. The summed E-state index contributed by atoms with van der Waals surface area (Å²) in [7, 11) is 0. The summed E-state index contributed by atoms with van der Waals surface area (Å²) in [6, 6.07) is 6.62. The van der Waals surface area contributed by atoms with Crippen molar-refractivity contribution in [3.05, 3.63) is 63.1 Å². The van der Waals surface area contributed by atoms with Crippen LogP contribution in [0.2, 0.25) is 10.0 Å². The van der Waals surface area contributed by atoms with E-state index in [2.05, 4.69) is 4.99 Å². The van der Waals surface area contributed by atoms with Crippen LogP contribution in [0.1, 0.15) is 18.1 Å². The second-order valence-corrected chi connectivity index (χ2v) is 6.12. The standard InChI is InChI=1S/C16H13Cl2F2N3/c1-8-7-23(21)12-6-5-9(17)15(18)14(12)16(22-8)13-10(19)3-2-4-11(13)20/h2-6,8H,7,21H2,1H3/t8-/m0/s1. The molecular formula is C16H13Cl2F2N3. The molecule has 2 aromatic carbocycles. The Morgan fingerprint density at radius 2 is 1.78 bits per heavy atom. The van der Waals surface area contributed by atoms with E-state index in [-0.39, 0.29) is 27.4 Å². The number of fused-ring (bicyclic) bond motifs is 1. The van der Waals surface area contributed by atoms with Crippen molar-refractivity contribution in [1.29, 1.82) is 0 Å². The van der Waals surface area contributed by atoms with Crippen LogP contribution in [0.15, 0.2) is 35.3 Å². The molecular weight excluding hydrogens is 343 g/mol. The summed E-state index contributed by atoms with van der Waals surface area (Å²) in [5.74, 6) is 4.60. The fourth-order valence-corrected chi connectivity index (χ4v) is 3.03. The number of halogens is 4. The number of anilines is 1. The normalized spacial score (nSPS) is 17.6. The molecule has 0 amide bonds. The highest BCUT2D eigenvalue weighted by molar-refractivity contribution is 6.45. The van der Waals surface area contributed by atoms with Crippen molar-refractivity contribution in [2.45, 2.75) is 13.0 Å². The number of hydrogen-bond acceptors (Lipinski definition) is 3. The Bertz CT molecular complexity index is 788. The summed E-state index contributed by atoms with van der Waals surface area (Å²) in [5, 5.41) is 1.88. The average Bonchev–Trinajstić information content (AvgIpc) is 2.60. The van der Waals surface area contributed by atoms with E-state index < -0.39 is 11.6 Å². The number of benzene rings is 2. The molecule has 3 nitrogen and oxygen atoms in total. The molecule has 1 aliphatic rings. The van der Waals surface area contributed by atoms with Gasteiger partial charge in [-0.1, -0.05) is 29.3 Å². The van der Waals surface area contributed by atoms with Crippen LogP contribution in [0, 0.1) is 11.6 Å². The Kier molecular flexibility index (Phi) is 4.27. The maximum absolute atomic E-state index is 14.3. The molecule has 0 fully saturated rings. The summed E-state index contributed by atoms with van der Waals surface area (Å²) < 4.78 is 28.6. The lowest BCUT2D eigenvalue weighted by Gasteiger charge is -2.21. The second kappa shape index (κ2) is 6.07.